The van der Waals surface area contributed by atoms with E-state index in [0.717, 1.165) is 43.6 Å². The molecule has 4 heterocycles. The number of tetrazole rings is 1. The largest absolute Gasteiger partial charge is 0.508 e. The van der Waals surface area contributed by atoms with Crippen molar-refractivity contribution in [2.45, 2.75) is 45.3 Å². The molecule has 4 N–H and O–H groups in total. The van der Waals surface area contributed by atoms with Gasteiger partial charge in [-0.3, -0.25) is 4.90 Å². The monoisotopic (exact) mass is 448 g/mol. The summed E-state index contributed by atoms with van der Waals surface area (Å²) in [5.41, 5.74) is 9.43. The molecule has 5 rings (SSSR count). The van der Waals surface area contributed by atoms with Crippen LogP contribution >= 0.6 is 0 Å². The van der Waals surface area contributed by atoms with E-state index in [2.05, 4.69) is 41.8 Å². The van der Waals surface area contributed by atoms with E-state index in [4.69, 9.17) is 5.73 Å². The summed E-state index contributed by atoms with van der Waals surface area (Å²) >= 11 is 0. The normalized spacial score (nSPS) is 15.5. The molecule has 1 fully saturated rings. The lowest BCUT2D eigenvalue weighted by Gasteiger charge is -2.29. The third kappa shape index (κ3) is 4.50. The highest BCUT2D eigenvalue weighted by atomic mass is 16.3. The molecular weight excluding hydrogens is 420 g/mol. The van der Waals surface area contributed by atoms with Gasteiger partial charge >= 0.3 is 0 Å². The van der Waals surface area contributed by atoms with Crippen LogP contribution in [-0.2, 0) is 6.54 Å². The molecular formula is C22H28N10O. The molecule has 1 aliphatic rings. The van der Waals surface area contributed by atoms with Crippen LogP contribution in [0, 0.1) is 0 Å². The number of rotatable bonds is 6. The van der Waals surface area contributed by atoms with Gasteiger partial charge in [-0.15, -0.1) is 10.2 Å². The van der Waals surface area contributed by atoms with Crippen molar-refractivity contribution in [1.29, 1.82) is 0 Å². The third-order valence-electron chi connectivity index (χ3n) is 5.89. The summed E-state index contributed by atoms with van der Waals surface area (Å²) in [5.74, 6) is 1.21. The van der Waals surface area contributed by atoms with Crippen LogP contribution in [0.2, 0.25) is 0 Å². The van der Waals surface area contributed by atoms with Crippen LogP contribution in [0.1, 0.15) is 38.3 Å². The number of nitrogens with zero attached hydrogens (tertiary/aromatic N) is 8. The number of nitrogens with two attached hydrogens (primary N) is 1. The molecule has 11 heteroatoms. The molecule has 1 saturated heterocycles. The molecule has 0 spiro atoms. The molecule has 0 aliphatic carbocycles. The highest BCUT2D eigenvalue weighted by molar-refractivity contribution is 5.78. The summed E-state index contributed by atoms with van der Waals surface area (Å²) < 4.78 is 1.82. The first-order chi connectivity index (χ1) is 16.0. The van der Waals surface area contributed by atoms with Gasteiger partial charge in [-0.1, -0.05) is 0 Å². The number of fused-ring (bicyclic) bond motifs is 1. The molecule has 172 valence electrons. The van der Waals surface area contributed by atoms with Crippen molar-refractivity contribution in [3.05, 3.63) is 42.4 Å². The van der Waals surface area contributed by atoms with Gasteiger partial charge in [0.15, 0.2) is 5.82 Å². The summed E-state index contributed by atoms with van der Waals surface area (Å²) in [6.07, 6.45) is 5.47. The number of piperidine rings is 1. The van der Waals surface area contributed by atoms with Crippen LogP contribution in [0.4, 0.5) is 11.5 Å². The van der Waals surface area contributed by atoms with E-state index in [1.807, 2.05) is 30.6 Å². The highest BCUT2D eigenvalue weighted by Gasteiger charge is 2.19. The van der Waals surface area contributed by atoms with Gasteiger partial charge in [0, 0.05) is 36.1 Å². The number of hydrogen-bond donors (Lipinski definition) is 3. The van der Waals surface area contributed by atoms with Gasteiger partial charge < -0.3 is 16.2 Å². The molecule has 33 heavy (non-hydrogen) atoms. The SMILES string of the molecule is CC(C)n1nnc(-c2cc(O)cc(Nc3ncnn4ccc(CN5CCC(N)CC5)c34)c2)n1. The van der Waals surface area contributed by atoms with Crippen molar-refractivity contribution in [3.8, 4) is 17.1 Å². The maximum atomic E-state index is 10.3. The van der Waals surface area contributed by atoms with Gasteiger partial charge in [-0.25, -0.2) is 9.50 Å². The number of phenolic OH excluding ortho intramolecular Hbond substituents is 1. The van der Waals surface area contributed by atoms with Gasteiger partial charge in [0.25, 0.3) is 0 Å². The Labute approximate surface area is 191 Å². The first-order valence-corrected chi connectivity index (χ1v) is 11.2. The number of hydrogen-bond acceptors (Lipinski definition) is 9. The average Bonchev–Trinajstić information content (AvgIpc) is 3.44. The Balaban J connectivity index is 1.44. The first-order valence-electron chi connectivity index (χ1n) is 11.2. The summed E-state index contributed by atoms with van der Waals surface area (Å²) in [5, 5.41) is 30.6. The Morgan fingerprint density at radius 3 is 2.79 bits per heavy atom. The van der Waals surface area contributed by atoms with Crippen LogP contribution in [0.5, 0.6) is 5.75 Å². The van der Waals surface area contributed by atoms with E-state index in [-0.39, 0.29) is 11.8 Å². The molecule has 0 radical (unpaired) electrons. The Kier molecular flexibility index (Phi) is 5.65. The van der Waals surface area contributed by atoms with E-state index < -0.39 is 0 Å². The second kappa shape index (κ2) is 8.75. The summed E-state index contributed by atoms with van der Waals surface area (Å²) in [6, 6.07) is 7.60. The Hall–Kier alpha value is -3.57. The summed E-state index contributed by atoms with van der Waals surface area (Å²) in [4.78, 5) is 8.44. The summed E-state index contributed by atoms with van der Waals surface area (Å²) in [7, 11) is 0. The summed E-state index contributed by atoms with van der Waals surface area (Å²) in [6.45, 7) is 6.73. The van der Waals surface area contributed by atoms with Gasteiger partial charge in [-0.05, 0) is 68.8 Å². The second-order valence-corrected chi connectivity index (χ2v) is 8.78. The maximum Gasteiger partial charge on any atom is 0.205 e. The lowest BCUT2D eigenvalue weighted by Crippen LogP contribution is -2.39. The van der Waals surface area contributed by atoms with Crippen molar-refractivity contribution < 1.29 is 5.11 Å². The molecule has 4 aromatic rings. The van der Waals surface area contributed by atoms with Crippen LogP contribution in [0.3, 0.4) is 0 Å². The van der Waals surface area contributed by atoms with Crippen molar-refractivity contribution in [3.63, 3.8) is 0 Å². The maximum absolute atomic E-state index is 10.3. The fourth-order valence-electron chi connectivity index (χ4n) is 4.10. The van der Waals surface area contributed by atoms with Crippen molar-refractivity contribution in [2.75, 3.05) is 18.4 Å². The number of aromatic hydroxyl groups is 1. The number of phenols is 1. The number of anilines is 2. The van der Waals surface area contributed by atoms with E-state index in [1.54, 1.807) is 16.9 Å². The zero-order chi connectivity index (χ0) is 22.9. The first kappa shape index (κ1) is 21.3. The fourth-order valence-corrected chi connectivity index (χ4v) is 4.10. The minimum atomic E-state index is 0.0962. The zero-order valence-corrected chi connectivity index (χ0v) is 18.8. The number of likely N-dealkylation sites (tertiary alicyclic amines) is 1. The molecule has 11 nitrogen and oxygen atoms in total. The van der Waals surface area contributed by atoms with Gasteiger partial charge in [-0.2, -0.15) is 9.90 Å². The quantitative estimate of drug-likeness (QED) is 0.406. The lowest BCUT2D eigenvalue weighted by atomic mass is 10.1. The molecule has 0 amide bonds. The second-order valence-electron chi connectivity index (χ2n) is 8.78. The van der Waals surface area contributed by atoms with Crippen molar-refractivity contribution >= 4 is 17.0 Å². The number of nitrogens with one attached hydrogen (secondary N) is 1. The number of benzene rings is 1. The van der Waals surface area contributed by atoms with E-state index in [0.29, 0.717) is 28.9 Å². The molecule has 1 aliphatic heterocycles. The van der Waals surface area contributed by atoms with Gasteiger partial charge in [0.05, 0.1) is 6.04 Å². The van der Waals surface area contributed by atoms with E-state index in [9.17, 15) is 5.11 Å². The van der Waals surface area contributed by atoms with Gasteiger partial charge in [0.1, 0.15) is 17.6 Å². The average molecular weight is 449 g/mol. The molecule has 0 unspecified atom stereocenters. The molecule has 0 atom stereocenters. The minimum absolute atomic E-state index is 0.0962. The predicted octanol–water partition coefficient (Wildman–Crippen LogP) is 2.34. The van der Waals surface area contributed by atoms with Crippen molar-refractivity contribution in [2.24, 2.45) is 5.73 Å². The van der Waals surface area contributed by atoms with E-state index >= 15 is 0 Å². The molecule has 0 saturated carbocycles. The van der Waals surface area contributed by atoms with Crippen LogP contribution in [0.25, 0.3) is 16.9 Å². The zero-order valence-electron chi connectivity index (χ0n) is 18.8. The number of aromatic nitrogens is 7. The van der Waals surface area contributed by atoms with Crippen LogP contribution < -0.4 is 11.1 Å². The molecule has 0 bridgehead atoms. The fraction of sp³-hybridized carbons (Fsp3) is 0.409. The Bertz CT molecular complexity index is 1260. The Morgan fingerprint density at radius 2 is 2.03 bits per heavy atom. The van der Waals surface area contributed by atoms with Gasteiger partial charge in [0.2, 0.25) is 5.82 Å². The van der Waals surface area contributed by atoms with Crippen LogP contribution in [-0.4, -0.2) is 63.9 Å². The van der Waals surface area contributed by atoms with Crippen LogP contribution in [0.15, 0.2) is 36.8 Å². The Morgan fingerprint density at radius 1 is 1.21 bits per heavy atom. The highest BCUT2D eigenvalue weighted by Crippen LogP contribution is 2.30. The third-order valence-corrected chi connectivity index (χ3v) is 5.89. The molecule has 1 aromatic carbocycles. The van der Waals surface area contributed by atoms with Crippen molar-refractivity contribution in [1.82, 2.24) is 39.7 Å². The smallest absolute Gasteiger partial charge is 0.205 e. The molecule has 3 aromatic heterocycles. The standard InChI is InChI=1S/C22H28N10O/c1-14(2)32-28-21(27-29-32)16-9-18(11-19(33)10-16)26-22-20-15(3-8-31(20)25-13-24-22)12-30-6-4-17(23)5-7-30/h3,8-11,13-14,17,33H,4-7,12,23H2,1-2H3,(H,24,25,26). The van der Waals surface area contributed by atoms with E-state index in [1.165, 1.54) is 6.33 Å². The topological polar surface area (TPSA) is 135 Å². The predicted molar refractivity (Wildman–Crippen MR) is 124 cm³/mol. The lowest BCUT2D eigenvalue weighted by molar-refractivity contribution is 0.206. The minimum Gasteiger partial charge on any atom is -0.508 e.